The molecule has 76 valence electrons. The number of carbonyl (C=O) groups excluding carboxylic acids is 2. The van der Waals surface area contributed by atoms with Crippen LogP contribution in [0.5, 0.6) is 0 Å². The maximum absolute atomic E-state index is 11.1. The number of hydrogen-bond acceptors (Lipinski definition) is 3. The van der Waals surface area contributed by atoms with E-state index in [4.69, 9.17) is 4.74 Å². The van der Waals surface area contributed by atoms with E-state index in [1.54, 1.807) is 0 Å². The summed E-state index contributed by atoms with van der Waals surface area (Å²) in [6.45, 7) is 4.29. The Kier molecular flexibility index (Phi) is 3.91. The first-order valence-electron chi connectivity index (χ1n) is 4.49. The molecule has 0 aliphatic carbocycles. The van der Waals surface area contributed by atoms with E-state index < -0.39 is 5.97 Å². The van der Waals surface area contributed by atoms with E-state index in [0.29, 0.717) is 13.0 Å². The van der Waals surface area contributed by atoms with Gasteiger partial charge in [0.05, 0.1) is 0 Å². The Hall–Kier alpha value is -1.58. The van der Waals surface area contributed by atoms with E-state index >= 15 is 0 Å². The van der Waals surface area contributed by atoms with Crippen LogP contribution in [-0.4, -0.2) is 29.9 Å². The van der Waals surface area contributed by atoms with Crippen LogP contribution in [0.2, 0.25) is 0 Å². The molecule has 1 rings (SSSR count). The van der Waals surface area contributed by atoms with Crippen molar-refractivity contribution >= 4 is 11.9 Å². The van der Waals surface area contributed by atoms with Crippen LogP contribution >= 0.6 is 0 Å². The minimum Gasteiger partial charge on any atom is -0.458 e. The molecule has 1 fully saturated rings. The molecule has 1 saturated heterocycles. The fraction of sp³-hybridized carbons (Fsp3) is 0.400. The lowest BCUT2D eigenvalue weighted by atomic mass is 10.4. The Morgan fingerprint density at radius 1 is 1.64 bits per heavy atom. The van der Waals surface area contributed by atoms with Crippen molar-refractivity contribution in [1.29, 1.82) is 0 Å². The van der Waals surface area contributed by atoms with Gasteiger partial charge < -0.3 is 9.64 Å². The molecule has 0 unspecified atom stereocenters. The van der Waals surface area contributed by atoms with Crippen molar-refractivity contribution in [3.05, 3.63) is 24.9 Å². The zero-order valence-corrected chi connectivity index (χ0v) is 7.94. The van der Waals surface area contributed by atoms with Crippen LogP contribution in [0.1, 0.15) is 12.8 Å². The molecule has 1 aliphatic heterocycles. The molecular formula is C10H13NO3. The van der Waals surface area contributed by atoms with Crippen LogP contribution in [0.4, 0.5) is 0 Å². The van der Waals surface area contributed by atoms with Crippen LogP contribution in [0.3, 0.4) is 0 Å². The Morgan fingerprint density at radius 3 is 3.00 bits per heavy atom. The lowest BCUT2D eigenvalue weighted by Gasteiger charge is -2.07. The molecule has 0 N–H and O–H groups in total. The molecule has 1 heterocycles. The summed E-state index contributed by atoms with van der Waals surface area (Å²) in [5.41, 5.74) is 0. The van der Waals surface area contributed by atoms with Crippen LogP contribution in [0, 0.1) is 0 Å². The van der Waals surface area contributed by atoms with Crippen LogP contribution < -0.4 is 0 Å². The van der Waals surface area contributed by atoms with E-state index in [0.717, 1.165) is 6.42 Å². The zero-order valence-electron chi connectivity index (χ0n) is 7.94. The van der Waals surface area contributed by atoms with Gasteiger partial charge in [0.1, 0.15) is 6.61 Å². The Bertz CT molecular complexity index is 271. The van der Waals surface area contributed by atoms with Crippen LogP contribution in [-0.2, 0) is 14.3 Å². The molecule has 14 heavy (non-hydrogen) atoms. The monoisotopic (exact) mass is 195 g/mol. The van der Waals surface area contributed by atoms with Crippen molar-refractivity contribution in [2.45, 2.75) is 12.8 Å². The summed E-state index contributed by atoms with van der Waals surface area (Å²) in [5, 5.41) is 0. The van der Waals surface area contributed by atoms with Gasteiger partial charge in [-0.1, -0.05) is 12.7 Å². The molecule has 1 amide bonds. The topological polar surface area (TPSA) is 46.6 Å². The van der Waals surface area contributed by atoms with Gasteiger partial charge in [0.15, 0.2) is 0 Å². The highest BCUT2D eigenvalue weighted by Crippen LogP contribution is 2.09. The van der Waals surface area contributed by atoms with Crippen LogP contribution in [0.15, 0.2) is 24.9 Å². The number of esters is 1. The predicted octanol–water partition coefficient (Wildman–Crippen LogP) is 0.852. The lowest BCUT2D eigenvalue weighted by molar-refractivity contribution is -0.136. The maximum Gasteiger partial charge on any atom is 0.332 e. The fourth-order valence-electron chi connectivity index (χ4n) is 1.17. The Labute approximate surface area is 82.8 Å². The second-order valence-corrected chi connectivity index (χ2v) is 2.93. The summed E-state index contributed by atoms with van der Waals surface area (Å²) < 4.78 is 4.70. The number of likely N-dealkylation sites (tertiary alicyclic amines) is 1. The third-order valence-electron chi connectivity index (χ3n) is 1.84. The number of nitrogens with zero attached hydrogens (tertiary/aromatic N) is 1. The predicted molar refractivity (Wildman–Crippen MR) is 51.2 cm³/mol. The normalized spacial score (nSPS) is 16.3. The third-order valence-corrected chi connectivity index (χ3v) is 1.84. The van der Waals surface area contributed by atoms with Crippen molar-refractivity contribution in [3.63, 3.8) is 0 Å². The first kappa shape index (κ1) is 10.5. The van der Waals surface area contributed by atoms with Gasteiger partial charge in [0.25, 0.3) is 0 Å². The molecule has 4 heteroatoms. The quantitative estimate of drug-likeness (QED) is 0.379. The summed E-state index contributed by atoms with van der Waals surface area (Å²) >= 11 is 0. The minimum absolute atomic E-state index is 0.0535. The molecule has 0 saturated carbocycles. The Morgan fingerprint density at radius 2 is 2.43 bits per heavy atom. The molecule has 0 aromatic heterocycles. The summed E-state index contributed by atoms with van der Waals surface area (Å²) in [4.78, 5) is 23.6. The second-order valence-electron chi connectivity index (χ2n) is 2.93. The van der Waals surface area contributed by atoms with Gasteiger partial charge in [0.2, 0.25) is 5.91 Å². The van der Waals surface area contributed by atoms with E-state index in [2.05, 4.69) is 6.58 Å². The van der Waals surface area contributed by atoms with Crippen molar-refractivity contribution in [3.8, 4) is 0 Å². The first-order chi connectivity index (χ1) is 6.74. The van der Waals surface area contributed by atoms with Gasteiger partial charge in [-0.2, -0.15) is 0 Å². The molecule has 0 aromatic rings. The maximum atomic E-state index is 11.1. The number of amides is 1. The molecule has 4 nitrogen and oxygen atoms in total. The minimum atomic E-state index is -0.454. The van der Waals surface area contributed by atoms with Gasteiger partial charge in [-0.15, -0.1) is 0 Å². The standard InChI is InChI=1S/C10H13NO3/c1-2-8-14-10(13)5-7-11-6-3-4-9(11)12/h2,5,7H,1,3-4,6,8H2/b7-5+. The average molecular weight is 195 g/mol. The summed E-state index contributed by atoms with van der Waals surface area (Å²) in [5.74, 6) is -0.401. The largest absolute Gasteiger partial charge is 0.458 e. The molecular weight excluding hydrogens is 182 g/mol. The summed E-state index contributed by atoms with van der Waals surface area (Å²) in [7, 11) is 0. The fourth-order valence-corrected chi connectivity index (χ4v) is 1.17. The highest BCUT2D eigenvalue weighted by atomic mass is 16.5. The van der Waals surface area contributed by atoms with Gasteiger partial charge in [-0.3, -0.25) is 4.79 Å². The van der Waals surface area contributed by atoms with Gasteiger partial charge in [-0.05, 0) is 6.42 Å². The molecule has 0 atom stereocenters. The SMILES string of the molecule is C=CCOC(=O)/C=C/N1CCCC1=O. The van der Waals surface area contributed by atoms with E-state index in [1.165, 1.54) is 23.3 Å². The van der Waals surface area contributed by atoms with Crippen molar-refractivity contribution < 1.29 is 14.3 Å². The molecule has 0 spiro atoms. The summed E-state index contributed by atoms with van der Waals surface area (Å²) in [6.07, 6.45) is 5.64. The molecule has 1 aliphatic rings. The molecule has 0 bridgehead atoms. The lowest BCUT2D eigenvalue weighted by Crippen LogP contribution is -2.18. The van der Waals surface area contributed by atoms with Crippen LogP contribution in [0.25, 0.3) is 0 Å². The van der Waals surface area contributed by atoms with Crippen molar-refractivity contribution in [1.82, 2.24) is 4.90 Å². The summed E-state index contributed by atoms with van der Waals surface area (Å²) in [6, 6.07) is 0. The highest BCUT2D eigenvalue weighted by molar-refractivity contribution is 5.84. The number of ether oxygens (including phenoxy) is 1. The smallest absolute Gasteiger partial charge is 0.332 e. The second kappa shape index (κ2) is 5.21. The van der Waals surface area contributed by atoms with E-state index in [1.807, 2.05) is 0 Å². The number of hydrogen-bond donors (Lipinski definition) is 0. The van der Waals surface area contributed by atoms with Crippen molar-refractivity contribution in [2.24, 2.45) is 0 Å². The third kappa shape index (κ3) is 3.05. The Balaban J connectivity index is 2.34. The van der Waals surface area contributed by atoms with E-state index in [-0.39, 0.29) is 12.5 Å². The molecule has 0 radical (unpaired) electrons. The van der Waals surface area contributed by atoms with Crippen molar-refractivity contribution in [2.75, 3.05) is 13.2 Å². The van der Waals surface area contributed by atoms with E-state index in [9.17, 15) is 9.59 Å². The van der Waals surface area contributed by atoms with Gasteiger partial charge in [0, 0.05) is 25.2 Å². The number of rotatable bonds is 4. The zero-order chi connectivity index (χ0) is 10.4. The number of carbonyl (C=O) groups is 2. The van der Waals surface area contributed by atoms with Gasteiger partial charge >= 0.3 is 5.97 Å². The highest BCUT2D eigenvalue weighted by Gasteiger charge is 2.17. The van der Waals surface area contributed by atoms with Gasteiger partial charge in [-0.25, -0.2) is 4.79 Å². The molecule has 0 aromatic carbocycles. The average Bonchev–Trinajstić information content (AvgIpc) is 2.58. The first-order valence-corrected chi connectivity index (χ1v) is 4.49.